The topological polar surface area (TPSA) is 97.1 Å². The molecule has 3 aliphatic rings. The Bertz CT molecular complexity index is 1440. The first-order valence-corrected chi connectivity index (χ1v) is 12.8. The summed E-state index contributed by atoms with van der Waals surface area (Å²) in [6.07, 6.45) is 6.82. The third kappa shape index (κ3) is 3.67. The highest BCUT2D eigenvalue weighted by atomic mass is 16.5. The van der Waals surface area contributed by atoms with E-state index in [4.69, 9.17) is 9.15 Å². The normalized spacial score (nSPS) is 23.3. The number of anilines is 1. The van der Waals surface area contributed by atoms with E-state index in [-0.39, 0.29) is 17.5 Å². The van der Waals surface area contributed by atoms with Crippen molar-refractivity contribution in [1.29, 1.82) is 0 Å². The predicted molar refractivity (Wildman–Crippen MR) is 138 cm³/mol. The number of carbonyl (C=O) groups excluding carboxylic acids is 4. The maximum atomic E-state index is 13.9. The monoisotopic (exact) mass is 510 g/mol. The minimum atomic E-state index is -0.893. The van der Waals surface area contributed by atoms with E-state index in [2.05, 4.69) is 0 Å². The van der Waals surface area contributed by atoms with Gasteiger partial charge < -0.3 is 14.1 Å². The first kappa shape index (κ1) is 23.9. The molecule has 8 heteroatoms. The van der Waals surface area contributed by atoms with Crippen molar-refractivity contribution in [3.05, 3.63) is 95.6 Å². The molecular formula is C30H26N2O6. The lowest BCUT2D eigenvalue weighted by Gasteiger charge is -2.35. The van der Waals surface area contributed by atoms with E-state index in [0.29, 0.717) is 17.9 Å². The van der Waals surface area contributed by atoms with Crippen LogP contribution >= 0.6 is 0 Å². The number of hydrogen-bond acceptors (Lipinski definition) is 7. The van der Waals surface area contributed by atoms with Crippen LogP contribution in [0, 0.1) is 11.8 Å². The van der Waals surface area contributed by atoms with Gasteiger partial charge in [0.25, 0.3) is 0 Å². The first-order chi connectivity index (χ1) is 18.5. The number of furan rings is 1. The third-order valence-electron chi connectivity index (χ3n) is 7.59. The molecule has 3 aliphatic heterocycles. The molecule has 0 unspecified atom stereocenters. The van der Waals surface area contributed by atoms with Crippen LogP contribution in [0.5, 0.6) is 0 Å². The molecule has 2 amide bonds. The fourth-order valence-electron chi connectivity index (χ4n) is 5.82. The molecular weight excluding hydrogens is 484 g/mol. The van der Waals surface area contributed by atoms with Crippen LogP contribution in [0.4, 0.5) is 5.69 Å². The summed E-state index contributed by atoms with van der Waals surface area (Å²) in [6.45, 7) is 2.35. The molecule has 4 atom stereocenters. The van der Waals surface area contributed by atoms with Crippen LogP contribution in [-0.2, 0) is 14.3 Å². The number of ketones is 1. The molecule has 1 aromatic heterocycles. The zero-order valence-corrected chi connectivity index (χ0v) is 20.8. The molecule has 0 radical (unpaired) electrons. The minimum absolute atomic E-state index is 0.145. The van der Waals surface area contributed by atoms with Crippen molar-refractivity contribution in [2.45, 2.75) is 31.8 Å². The van der Waals surface area contributed by atoms with Gasteiger partial charge >= 0.3 is 5.97 Å². The lowest BCUT2D eigenvalue weighted by atomic mass is 9.84. The molecule has 6 rings (SSSR count). The number of amides is 2. The molecule has 0 spiro atoms. The number of benzene rings is 2. The van der Waals surface area contributed by atoms with Gasteiger partial charge in [-0.25, -0.2) is 9.69 Å². The quantitative estimate of drug-likeness (QED) is 0.198. The Balaban J connectivity index is 1.36. The van der Waals surface area contributed by atoms with Crippen molar-refractivity contribution in [3.63, 3.8) is 0 Å². The molecule has 2 aromatic carbocycles. The van der Waals surface area contributed by atoms with Gasteiger partial charge in [0, 0.05) is 6.20 Å². The lowest BCUT2D eigenvalue weighted by Crippen LogP contribution is -2.44. The Morgan fingerprint density at radius 1 is 0.947 bits per heavy atom. The third-order valence-corrected chi connectivity index (χ3v) is 7.59. The number of unbranched alkanes of at least 4 members (excludes halogenated alkanes) is 1. The van der Waals surface area contributed by atoms with E-state index in [9.17, 15) is 19.2 Å². The van der Waals surface area contributed by atoms with Gasteiger partial charge in [-0.3, -0.25) is 14.4 Å². The Kier molecular flexibility index (Phi) is 5.94. The minimum Gasteiger partial charge on any atom is -0.462 e. The number of esters is 1. The van der Waals surface area contributed by atoms with Crippen molar-refractivity contribution in [1.82, 2.24) is 4.90 Å². The summed E-state index contributed by atoms with van der Waals surface area (Å²) in [5.74, 6) is -3.10. The maximum Gasteiger partial charge on any atom is 0.338 e. The van der Waals surface area contributed by atoms with E-state index < -0.39 is 35.8 Å². The molecule has 2 fully saturated rings. The van der Waals surface area contributed by atoms with Gasteiger partial charge in [0.1, 0.15) is 6.04 Å². The predicted octanol–water partition coefficient (Wildman–Crippen LogP) is 4.63. The Hall–Kier alpha value is -4.46. The van der Waals surface area contributed by atoms with Crippen LogP contribution < -0.4 is 4.90 Å². The second-order valence-electron chi connectivity index (χ2n) is 9.72. The molecule has 0 aliphatic carbocycles. The molecule has 38 heavy (non-hydrogen) atoms. The maximum absolute atomic E-state index is 13.9. The van der Waals surface area contributed by atoms with Gasteiger partial charge in [-0.1, -0.05) is 37.6 Å². The molecule has 8 nitrogen and oxygen atoms in total. The number of imide groups is 1. The summed E-state index contributed by atoms with van der Waals surface area (Å²) in [4.78, 5) is 56.8. The second kappa shape index (κ2) is 9.45. The zero-order valence-electron chi connectivity index (χ0n) is 20.8. The molecule has 3 aromatic rings. The Morgan fingerprint density at radius 2 is 1.71 bits per heavy atom. The van der Waals surface area contributed by atoms with Crippen LogP contribution in [0.25, 0.3) is 6.08 Å². The summed E-state index contributed by atoms with van der Waals surface area (Å²) in [5.41, 5.74) is 2.54. The Labute approximate surface area is 219 Å². The summed E-state index contributed by atoms with van der Waals surface area (Å²) in [5, 5.41) is 0. The van der Waals surface area contributed by atoms with Crippen molar-refractivity contribution < 1.29 is 28.3 Å². The highest BCUT2D eigenvalue weighted by Gasteiger charge is 2.64. The highest BCUT2D eigenvalue weighted by Crippen LogP contribution is 2.53. The molecule has 0 bridgehead atoms. The number of ether oxygens (including phenoxy) is 1. The van der Waals surface area contributed by atoms with Crippen LogP contribution in [0.15, 0.2) is 77.5 Å². The first-order valence-electron chi connectivity index (χ1n) is 12.8. The van der Waals surface area contributed by atoms with Crippen molar-refractivity contribution in [3.8, 4) is 0 Å². The summed E-state index contributed by atoms with van der Waals surface area (Å²) in [6, 6.07) is 15.8. The standard InChI is InChI=1S/C30H26N2O6/c1-2-3-16-38-30(36)19-10-12-20(13-11-19)32-28(34)23-24(29(32)35)26(27(33)22-9-6-17-37-22)31-15-14-18-7-4-5-8-21(18)25(23)31/h4-15,17,23-26H,2-3,16H2,1H3/t23-,24+,25+,26+/m0/s1. The summed E-state index contributed by atoms with van der Waals surface area (Å²) < 4.78 is 10.7. The van der Waals surface area contributed by atoms with Gasteiger partial charge in [-0.05, 0) is 60.0 Å². The number of nitrogens with zero attached hydrogens (tertiary/aromatic N) is 2. The van der Waals surface area contributed by atoms with Gasteiger partial charge in [0.05, 0.1) is 42.0 Å². The number of fused-ring (bicyclic) bond motifs is 5. The van der Waals surface area contributed by atoms with Crippen molar-refractivity contribution in [2.75, 3.05) is 11.5 Å². The van der Waals surface area contributed by atoms with E-state index in [0.717, 1.165) is 28.9 Å². The van der Waals surface area contributed by atoms with E-state index in [1.165, 1.54) is 6.26 Å². The van der Waals surface area contributed by atoms with E-state index in [1.54, 1.807) is 42.6 Å². The highest BCUT2D eigenvalue weighted by molar-refractivity contribution is 6.24. The van der Waals surface area contributed by atoms with E-state index >= 15 is 0 Å². The summed E-state index contributed by atoms with van der Waals surface area (Å²) in [7, 11) is 0. The number of hydrogen-bond donors (Lipinski definition) is 0. The van der Waals surface area contributed by atoms with Gasteiger partial charge in [0.15, 0.2) is 5.76 Å². The molecule has 4 heterocycles. The molecule has 192 valence electrons. The number of carbonyl (C=O) groups is 4. The number of Topliss-reactive ketones (excluding diaryl/α,β-unsaturated/α-hetero) is 1. The van der Waals surface area contributed by atoms with E-state index in [1.807, 2.05) is 42.2 Å². The smallest absolute Gasteiger partial charge is 0.338 e. The van der Waals surface area contributed by atoms with Gasteiger partial charge in [-0.15, -0.1) is 0 Å². The van der Waals surface area contributed by atoms with Crippen molar-refractivity contribution in [2.24, 2.45) is 11.8 Å². The van der Waals surface area contributed by atoms with Crippen LogP contribution in [0.2, 0.25) is 0 Å². The Morgan fingerprint density at radius 3 is 2.45 bits per heavy atom. The molecule has 0 saturated carbocycles. The lowest BCUT2D eigenvalue weighted by molar-refractivity contribution is -0.123. The second-order valence-corrected chi connectivity index (χ2v) is 9.72. The number of rotatable bonds is 7. The van der Waals surface area contributed by atoms with Crippen LogP contribution in [0.1, 0.15) is 57.8 Å². The fourth-order valence-corrected chi connectivity index (χ4v) is 5.82. The molecule has 0 N–H and O–H groups in total. The zero-order chi connectivity index (χ0) is 26.4. The van der Waals surface area contributed by atoms with Crippen LogP contribution in [0.3, 0.4) is 0 Å². The fraction of sp³-hybridized carbons (Fsp3) is 0.267. The van der Waals surface area contributed by atoms with Gasteiger partial charge in [-0.2, -0.15) is 0 Å². The van der Waals surface area contributed by atoms with Crippen molar-refractivity contribution >= 4 is 35.3 Å². The SMILES string of the molecule is CCCCOC(=O)c1ccc(N2C(=O)[C@@H]3[C@H](C2=O)[C@H]2c4ccccc4C=CN2[C@H]3C(=O)c2ccco2)cc1. The van der Waals surface area contributed by atoms with Gasteiger partial charge in [0.2, 0.25) is 17.6 Å². The summed E-state index contributed by atoms with van der Waals surface area (Å²) >= 11 is 0. The molecule has 2 saturated heterocycles. The average Bonchev–Trinajstić information content (AvgIpc) is 3.65. The van der Waals surface area contributed by atoms with Crippen LogP contribution in [-0.4, -0.2) is 41.1 Å². The average molecular weight is 511 g/mol. The largest absolute Gasteiger partial charge is 0.462 e.